The van der Waals surface area contributed by atoms with E-state index in [2.05, 4.69) is 11.8 Å². The molecule has 1 aliphatic rings. The van der Waals surface area contributed by atoms with Crippen molar-refractivity contribution >= 4 is 17.2 Å². The number of benzene rings is 1. The molecule has 0 aliphatic carbocycles. The second-order valence-electron chi connectivity index (χ2n) is 4.57. The fourth-order valence-electron chi connectivity index (χ4n) is 2.09. The second kappa shape index (κ2) is 5.73. The lowest BCUT2D eigenvalue weighted by Crippen LogP contribution is -2.42. The average molecular weight is 268 g/mol. The highest BCUT2D eigenvalue weighted by Gasteiger charge is 2.19. The molecule has 2 rings (SSSR count). The molecular formula is C13H17FN2OS. The molecule has 1 saturated heterocycles. The first-order valence-electron chi connectivity index (χ1n) is 5.98. The van der Waals surface area contributed by atoms with Gasteiger partial charge in [0.2, 0.25) is 0 Å². The van der Waals surface area contributed by atoms with Gasteiger partial charge in [-0.3, -0.25) is 4.90 Å². The van der Waals surface area contributed by atoms with E-state index in [4.69, 9.17) is 22.7 Å². The summed E-state index contributed by atoms with van der Waals surface area (Å²) >= 11 is 4.84. The molecule has 1 aliphatic heterocycles. The molecule has 1 unspecified atom stereocenters. The lowest BCUT2D eigenvalue weighted by atomic mass is 10.1. The number of morpholine rings is 1. The van der Waals surface area contributed by atoms with E-state index < -0.39 is 0 Å². The molecule has 18 heavy (non-hydrogen) atoms. The zero-order valence-electron chi connectivity index (χ0n) is 10.4. The standard InChI is InChI=1S/C13H17FN2OS/c1-9-8-17-5-4-16(9)7-10-2-3-12(14)11(6-10)13(15)18/h2-3,6,9H,4-5,7-8H2,1H3,(H2,15,18). The van der Waals surface area contributed by atoms with Crippen LogP contribution in [0.4, 0.5) is 4.39 Å². The summed E-state index contributed by atoms with van der Waals surface area (Å²) in [6.45, 7) is 5.26. The Kier molecular flexibility index (Phi) is 4.27. The molecule has 1 heterocycles. The van der Waals surface area contributed by atoms with E-state index in [1.54, 1.807) is 12.1 Å². The van der Waals surface area contributed by atoms with E-state index in [0.29, 0.717) is 11.6 Å². The maximum absolute atomic E-state index is 13.5. The first-order chi connectivity index (χ1) is 8.58. The Morgan fingerprint density at radius 3 is 3.06 bits per heavy atom. The molecular weight excluding hydrogens is 251 g/mol. The minimum Gasteiger partial charge on any atom is -0.389 e. The number of hydrogen-bond acceptors (Lipinski definition) is 3. The summed E-state index contributed by atoms with van der Waals surface area (Å²) in [5, 5.41) is 0. The summed E-state index contributed by atoms with van der Waals surface area (Å²) in [7, 11) is 0. The zero-order chi connectivity index (χ0) is 13.1. The van der Waals surface area contributed by atoms with E-state index in [1.165, 1.54) is 6.07 Å². The number of ether oxygens (including phenoxy) is 1. The van der Waals surface area contributed by atoms with Gasteiger partial charge in [0.15, 0.2) is 0 Å². The van der Waals surface area contributed by atoms with Gasteiger partial charge in [-0.05, 0) is 24.6 Å². The van der Waals surface area contributed by atoms with Crippen molar-refractivity contribution in [1.82, 2.24) is 4.90 Å². The Bertz CT molecular complexity index is 453. The van der Waals surface area contributed by atoms with Gasteiger partial charge in [0.25, 0.3) is 0 Å². The van der Waals surface area contributed by atoms with Crippen molar-refractivity contribution in [2.45, 2.75) is 19.5 Å². The topological polar surface area (TPSA) is 38.5 Å². The van der Waals surface area contributed by atoms with Crippen molar-refractivity contribution in [2.24, 2.45) is 5.73 Å². The second-order valence-corrected chi connectivity index (χ2v) is 5.01. The normalized spacial score (nSPS) is 20.9. The molecule has 3 nitrogen and oxygen atoms in total. The van der Waals surface area contributed by atoms with Crippen LogP contribution < -0.4 is 5.73 Å². The number of nitrogens with zero attached hydrogens (tertiary/aromatic N) is 1. The monoisotopic (exact) mass is 268 g/mol. The quantitative estimate of drug-likeness (QED) is 0.847. The van der Waals surface area contributed by atoms with Crippen LogP contribution in [0.15, 0.2) is 18.2 Å². The Labute approximate surface area is 112 Å². The van der Waals surface area contributed by atoms with Crippen LogP contribution in [0.2, 0.25) is 0 Å². The molecule has 2 N–H and O–H groups in total. The summed E-state index contributed by atoms with van der Waals surface area (Å²) in [4.78, 5) is 2.41. The number of thiocarbonyl (C=S) groups is 1. The van der Waals surface area contributed by atoms with E-state index in [0.717, 1.165) is 31.9 Å². The smallest absolute Gasteiger partial charge is 0.133 e. The van der Waals surface area contributed by atoms with Gasteiger partial charge < -0.3 is 10.5 Å². The first kappa shape index (κ1) is 13.4. The van der Waals surface area contributed by atoms with Crippen molar-refractivity contribution in [3.05, 3.63) is 35.1 Å². The van der Waals surface area contributed by atoms with E-state index in [-0.39, 0.29) is 10.8 Å². The third kappa shape index (κ3) is 3.04. The SMILES string of the molecule is CC1COCCN1Cc1ccc(F)c(C(N)=S)c1. The van der Waals surface area contributed by atoms with Crippen molar-refractivity contribution in [1.29, 1.82) is 0 Å². The van der Waals surface area contributed by atoms with Gasteiger partial charge in [-0.1, -0.05) is 18.3 Å². The largest absolute Gasteiger partial charge is 0.389 e. The molecule has 1 aromatic rings. The molecule has 98 valence electrons. The molecule has 0 bridgehead atoms. The van der Waals surface area contributed by atoms with Crippen molar-refractivity contribution < 1.29 is 9.13 Å². The molecule has 1 fully saturated rings. The van der Waals surface area contributed by atoms with Crippen LogP contribution in [0.5, 0.6) is 0 Å². The van der Waals surface area contributed by atoms with E-state index in [1.807, 2.05) is 0 Å². The van der Waals surface area contributed by atoms with E-state index >= 15 is 0 Å². The van der Waals surface area contributed by atoms with Gasteiger partial charge in [0.1, 0.15) is 10.8 Å². The molecule has 0 saturated carbocycles. The maximum Gasteiger partial charge on any atom is 0.133 e. The summed E-state index contributed by atoms with van der Waals surface area (Å²) in [5.41, 5.74) is 6.85. The summed E-state index contributed by atoms with van der Waals surface area (Å²) < 4.78 is 18.9. The van der Waals surface area contributed by atoms with Crippen molar-refractivity contribution in [2.75, 3.05) is 19.8 Å². The van der Waals surface area contributed by atoms with Gasteiger partial charge in [0.05, 0.1) is 13.2 Å². The van der Waals surface area contributed by atoms with Crippen molar-refractivity contribution in [3.8, 4) is 0 Å². The fraction of sp³-hybridized carbons (Fsp3) is 0.462. The molecule has 0 spiro atoms. The molecule has 0 amide bonds. The van der Waals surface area contributed by atoms with Gasteiger partial charge in [-0.15, -0.1) is 0 Å². The highest BCUT2D eigenvalue weighted by molar-refractivity contribution is 7.80. The van der Waals surface area contributed by atoms with Crippen LogP contribution in [0, 0.1) is 5.82 Å². The number of nitrogens with two attached hydrogens (primary N) is 1. The Hall–Kier alpha value is -1.04. The highest BCUT2D eigenvalue weighted by Crippen LogP contribution is 2.15. The van der Waals surface area contributed by atoms with Gasteiger partial charge >= 0.3 is 0 Å². The van der Waals surface area contributed by atoms with Crippen molar-refractivity contribution in [3.63, 3.8) is 0 Å². The highest BCUT2D eigenvalue weighted by atomic mass is 32.1. The Morgan fingerprint density at radius 2 is 2.39 bits per heavy atom. The van der Waals surface area contributed by atoms with Crippen LogP contribution in [-0.4, -0.2) is 35.7 Å². The van der Waals surface area contributed by atoms with Gasteiger partial charge in [-0.2, -0.15) is 0 Å². The predicted octanol–water partition coefficient (Wildman–Crippen LogP) is 1.68. The van der Waals surface area contributed by atoms with Crippen LogP contribution in [0.25, 0.3) is 0 Å². The lowest BCUT2D eigenvalue weighted by molar-refractivity contribution is -0.00437. The third-order valence-corrected chi connectivity index (χ3v) is 3.41. The fourth-order valence-corrected chi connectivity index (χ4v) is 2.25. The third-order valence-electron chi connectivity index (χ3n) is 3.19. The number of halogens is 1. The predicted molar refractivity (Wildman–Crippen MR) is 73.0 cm³/mol. The minimum absolute atomic E-state index is 0.101. The zero-order valence-corrected chi connectivity index (χ0v) is 11.2. The summed E-state index contributed by atoms with van der Waals surface area (Å²) in [6, 6.07) is 5.31. The molecule has 1 atom stereocenters. The minimum atomic E-state index is -0.360. The van der Waals surface area contributed by atoms with Gasteiger partial charge in [-0.25, -0.2) is 4.39 Å². The summed E-state index contributed by atoms with van der Waals surface area (Å²) in [6.07, 6.45) is 0. The Balaban J connectivity index is 2.14. The van der Waals surface area contributed by atoms with E-state index in [9.17, 15) is 4.39 Å². The first-order valence-corrected chi connectivity index (χ1v) is 6.39. The average Bonchev–Trinajstić information content (AvgIpc) is 2.34. The number of rotatable bonds is 3. The molecule has 1 aromatic carbocycles. The van der Waals surface area contributed by atoms with Gasteiger partial charge in [0, 0.05) is 24.7 Å². The van der Waals surface area contributed by atoms with Crippen LogP contribution in [0.1, 0.15) is 18.1 Å². The van der Waals surface area contributed by atoms with Crippen LogP contribution in [-0.2, 0) is 11.3 Å². The molecule has 5 heteroatoms. The molecule has 0 radical (unpaired) electrons. The maximum atomic E-state index is 13.5. The summed E-state index contributed by atoms with van der Waals surface area (Å²) in [5.74, 6) is -0.360. The Morgan fingerprint density at radius 1 is 1.61 bits per heavy atom. The lowest BCUT2D eigenvalue weighted by Gasteiger charge is -2.33. The number of hydrogen-bond donors (Lipinski definition) is 1. The molecule has 0 aromatic heterocycles. The van der Waals surface area contributed by atoms with Crippen LogP contribution in [0.3, 0.4) is 0 Å². The van der Waals surface area contributed by atoms with Crippen LogP contribution >= 0.6 is 12.2 Å².